The van der Waals surface area contributed by atoms with Gasteiger partial charge < -0.3 is 21.3 Å². The Morgan fingerprint density at radius 3 is 2.71 bits per heavy atom. The predicted octanol–water partition coefficient (Wildman–Crippen LogP) is 1.98. The van der Waals surface area contributed by atoms with Crippen molar-refractivity contribution in [3.8, 4) is 5.75 Å². The minimum absolute atomic E-state index is 0.257. The molecule has 0 unspecified atom stereocenters. The SMILES string of the molecule is C[C@@H]1C[C@H]1c1ccc2c(c1)O[C@]1(O)c3cccc(N)c3C(=O)[C@]21N. The molecular weight excluding hydrogens is 304 g/mol. The number of hydrogen-bond acceptors (Lipinski definition) is 5. The van der Waals surface area contributed by atoms with Gasteiger partial charge in [0.1, 0.15) is 5.75 Å². The molecule has 2 aromatic carbocycles. The van der Waals surface area contributed by atoms with Crippen molar-refractivity contribution in [1.29, 1.82) is 0 Å². The largest absolute Gasteiger partial charge is 0.455 e. The molecule has 0 spiro atoms. The Morgan fingerprint density at radius 2 is 2.00 bits per heavy atom. The summed E-state index contributed by atoms with van der Waals surface area (Å²) in [6.07, 6.45) is 1.15. The Bertz CT molecular complexity index is 925. The van der Waals surface area contributed by atoms with Crippen molar-refractivity contribution in [3.63, 3.8) is 0 Å². The number of carbonyl (C=O) groups excluding carboxylic acids is 1. The highest BCUT2D eigenvalue weighted by Gasteiger charge is 2.69. The quantitative estimate of drug-likeness (QED) is 0.697. The zero-order valence-corrected chi connectivity index (χ0v) is 13.2. The highest BCUT2D eigenvalue weighted by atomic mass is 16.6. The molecule has 2 aliphatic carbocycles. The van der Waals surface area contributed by atoms with Crippen molar-refractivity contribution in [2.24, 2.45) is 11.7 Å². The molecule has 1 saturated carbocycles. The lowest BCUT2D eigenvalue weighted by Crippen LogP contribution is -2.55. The summed E-state index contributed by atoms with van der Waals surface area (Å²) < 4.78 is 5.88. The zero-order chi connectivity index (χ0) is 16.9. The number of carbonyl (C=O) groups is 1. The van der Waals surface area contributed by atoms with Gasteiger partial charge in [0.2, 0.25) is 0 Å². The molecule has 5 nitrogen and oxygen atoms in total. The van der Waals surface area contributed by atoms with E-state index in [4.69, 9.17) is 16.2 Å². The maximum Gasteiger partial charge on any atom is 0.265 e. The van der Waals surface area contributed by atoms with Crippen LogP contribution in [0.4, 0.5) is 5.69 Å². The fourth-order valence-corrected chi connectivity index (χ4v) is 4.24. The fourth-order valence-electron chi connectivity index (χ4n) is 4.24. The molecule has 1 fully saturated rings. The predicted molar refractivity (Wildman–Crippen MR) is 88.5 cm³/mol. The van der Waals surface area contributed by atoms with Gasteiger partial charge in [-0.2, -0.15) is 0 Å². The lowest BCUT2D eigenvalue weighted by Gasteiger charge is -2.29. The third-order valence-electron chi connectivity index (χ3n) is 5.81. The zero-order valence-electron chi connectivity index (χ0n) is 13.2. The molecule has 5 rings (SSSR count). The minimum Gasteiger partial charge on any atom is -0.455 e. The number of benzene rings is 2. The second-order valence-corrected chi connectivity index (χ2v) is 7.23. The molecule has 3 aliphatic rings. The van der Waals surface area contributed by atoms with Gasteiger partial charge in [-0.3, -0.25) is 4.79 Å². The number of nitrogens with two attached hydrogens (primary N) is 2. The number of anilines is 1. The first-order valence-corrected chi connectivity index (χ1v) is 8.16. The summed E-state index contributed by atoms with van der Waals surface area (Å²) in [7, 11) is 0. The highest BCUT2D eigenvalue weighted by Crippen LogP contribution is 2.58. The summed E-state index contributed by atoms with van der Waals surface area (Å²) in [4.78, 5) is 13.0. The second-order valence-electron chi connectivity index (χ2n) is 7.23. The Labute approximate surface area is 139 Å². The molecule has 0 radical (unpaired) electrons. The van der Waals surface area contributed by atoms with Crippen molar-refractivity contribution < 1.29 is 14.6 Å². The van der Waals surface area contributed by atoms with E-state index in [1.54, 1.807) is 18.2 Å². The molecule has 5 N–H and O–H groups in total. The Kier molecular flexibility index (Phi) is 2.33. The average molecular weight is 322 g/mol. The van der Waals surface area contributed by atoms with E-state index in [1.165, 1.54) is 0 Å². The standard InChI is InChI=1S/C19H18N2O3/c1-9-7-11(9)10-5-6-12-15(8-10)24-19(23)13-3-2-4-14(20)16(13)17(22)18(12,19)21/h2-6,8-9,11,23H,7,20-21H2,1H3/t9-,11-,18-,19-/m1/s1. The van der Waals surface area contributed by atoms with Crippen LogP contribution in [-0.2, 0) is 11.3 Å². The van der Waals surface area contributed by atoms with E-state index in [0.29, 0.717) is 34.4 Å². The minimum atomic E-state index is -1.91. The van der Waals surface area contributed by atoms with Gasteiger partial charge in [0.25, 0.3) is 5.79 Å². The van der Waals surface area contributed by atoms with Crippen molar-refractivity contribution in [1.82, 2.24) is 0 Å². The van der Waals surface area contributed by atoms with E-state index < -0.39 is 17.1 Å². The molecule has 0 aromatic heterocycles. The van der Waals surface area contributed by atoms with Crippen LogP contribution in [0, 0.1) is 5.92 Å². The van der Waals surface area contributed by atoms with E-state index in [9.17, 15) is 9.90 Å². The van der Waals surface area contributed by atoms with E-state index in [1.807, 2.05) is 18.2 Å². The smallest absolute Gasteiger partial charge is 0.265 e. The van der Waals surface area contributed by atoms with Crippen LogP contribution < -0.4 is 16.2 Å². The van der Waals surface area contributed by atoms with E-state index in [-0.39, 0.29) is 5.56 Å². The number of ketones is 1. The molecule has 4 atom stereocenters. The van der Waals surface area contributed by atoms with Gasteiger partial charge in [-0.05, 0) is 36.0 Å². The van der Waals surface area contributed by atoms with Crippen molar-refractivity contribution in [2.45, 2.75) is 30.6 Å². The van der Waals surface area contributed by atoms with Gasteiger partial charge >= 0.3 is 0 Å². The first-order valence-electron chi connectivity index (χ1n) is 8.16. The lowest BCUT2D eigenvalue weighted by molar-refractivity contribution is -0.162. The fraction of sp³-hybridized carbons (Fsp3) is 0.316. The number of fused-ring (bicyclic) bond motifs is 5. The van der Waals surface area contributed by atoms with Crippen LogP contribution >= 0.6 is 0 Å². The van der Waals surface area contributed by atoms with Crippen LogP contribution in [0.15, 0.2) is 36.4 Å². The number of aliphatic hydroxyl groups is 1. The third-order valence-corrected chi connectivity index (χ3v) is 5.81. The van der Waals surface area contributed by atoms with Crippen molar-refractivity contribution in [2.75, 3.05) is 5.73 Å². The summed E-state index contributed by atoms with van der Waals surface area (Å²) >= 11 is 0. The van der Waals surface area contributed by atoms with E-state index in [2.05, 4.69) is 6.92 Å². The Morgan fingerprint density at radius 1 is 1.25 bits per heavy atom. The monoisotopic (exact) mass is 322 g/mol. The van der Waals surface area contributed by atoms with Gasteiger partial charge in [-0.1, -0.05) is 31.2 Å². The molecule has 0 amide bonds. The van der Waals surface area contributed by atoms with Crippen LogP contribution in [0.3, 0.4) is 0 Å². The summed E-state index contributed by atoms with van der Waals surface area (Å²) in [5.74, 6) is -0.657. The molecule has 24 heavy (non-hydrogen) atoms. The highest BCUT2D eigenvalue weighted by molar-refractivity contribution is 6.13. The van der Waals surface area contributed by atoms with Gasteiger partial charge in [-0.15, -0.1) is 0 Å². The summed E-state index contributed by atoms with van der Waals surface area (Å²) in [6, 6.07) is 10.7. The Hall–Kier alpha value is -2.37. The van der Waals surface area contributed by atoms with Crippen LogP contribution in [0.5, 0.6) is 5.75 Å². The molecule has 1 aliphatic heterocycles. The molecule has 0 saturated heterocycles. The molecule has 5 heteroatoms. The normalized spacial score (nSPS) is 35.2. The Balaban J connectivity index is 1.71. The number of ether oxygens (including phenoxy) is 1. The average Bonchev–Trinajstić information content (AvgIpc) is 3.19. The number of nitrogen functional groups attached to an aromatic ring is 1. The number of rotatable bonds is 1. The maximum atomic E-state index is 13.0. The van der Waals surface area contributed by atoms with Crippen molar-refractivity contribution >= 4 is 11.5 Å². The number of hydrogen-bond donors (Lipinski definition) is 3. The van der Waals surface area contributed by atoms with Crippen LogP contribution in [-0.4, -0.2) is 10.9 Å². The van der Waals surface area contributed by atoms with Gasteiger partial charge in [-0.25, -0.2) is 0 Å². The molecular formula is C19H18N2O3. The van der Waals surface area contributed by atoms with Crippen molar-refractivity contribution in [3.05, 3.63) is 58.7 Å². The summed E-state index contributed by atoms with van der Waals surface area (Å²) in [6.45, 7) is 2.20. The molecule has 122 valence electrons. The van der Waals surface area contributed by atoms with Crippen LogP contribution in [0.1, 0.15) is 46.3 Å². The van der Waals surface area contributed by atoms with Crippen LogP contribution in [0.2, 0.25) is 0 Å². The third kappa shape index (κ3) is 1.37. The molecule has 0 bridgehead atoms. The van der Waals surface area contributed by atoms with Gasteiger partial charge in [0.15, 0.2) is 11.3 Å². The molecule has 1 heterocycles. The van der Waals surface area contributed by atoms with Crippen LogP contribution in [0.25, 0.3) is 0 Å². The summed E-state index contributed by atoms with van der Waals surface area (Å²) in [5, 5.41) is 11.2. The topological polar surface area (TPSA) is 98.6 Å². The van der Waals surface area contributed by atoms with Gasteiger partial charge in [0.05, 0.1) is 5.56 Å². The number of Topliss-reactive ketones (excluding diaryl/α,β-unsaturated/α-hetero) is 1. The van der Waals surface area contributed by atoms with E-state index >= 15 is 0 Å². The lowest BCUT2D eigenvalue weighted by atomic mass is 9.84. The summed E-state index contributed by atoms with van der Waals surface area (Å²) in [5.41, 5.74) is 13.3. The molecule has 2 aromatic rings. The first-order chi connectivity index (χ1) is 11.4. The first kappa shape index (κ1) is 14.0. The van der Waals surface area contributed by atoms with E-state index in [0.717, 1.165) is 12.0 Å². The maximum absolute atomic E-state index is 13.0. The van der Waals surface area contributed by atoms with Gasteiger partial charge in [0, 0.05) is 16.8 Å². The second kappa shape index (κ2) is 3.99.